The Kier molecular flexibility index (Phi) is 6.77. The first-order valence-electron chi connectivity index (χ1n) is 4.68. The molecule has 0 amide bonds. The molecule has 2 atom stereocenters. The van der Waals surface area contributed by atoms with Crippen molar-refractivity contribution in [2.45, 2.75) is 33.1 Å². The fraction of sp³-hybridized carbons (Fsp3) is 0.700. The van der Waals surface area contributed by atoms with Crippen LogP contribution in [0.3, 0.4) is 0 Å². The van der Waals surface area contributed by atoms with Gasteiger partial charge in [-0.25, -0.2) is 0 Å². The Morgan fingerprint density at radius 3 is 2.57 bits per heavy atom. The molecular weight excluding hydrogens is 214 g/mol. The van der Waals surface area contributed by atoms with E-state index in [1.165, 1.54) is 0 Å². The maximum Gasteiger partial charge on any atom is 0.193 e. The first-order chi connectivity index (χ1) is 6.52. The zero-order valence-corrected chi connectivity index (χ0v) is 10.2. The molecule has 78 valence electrons. The number of nitrogens with zero attached hydrogens (tertiary/aromatic N) is 1. The van der Waals surface area contributed by atoms with Crippen molar-refractivity contribution in [2.24, 2.45) is 11.8 Å². The first kappa shape index (κ1) is 13.6. The molecule has 0 aliphatic carbocycles. The van der Waals surface area contributed by atoms with Crippen molar-refractivity contribution >= 4 is 34.8 Å². The quantitative estimate of drug-likeness (QED) is 0.562. The van der Waals surface area contributed by atoms with E-state index < -0.39 is 0 Å². The average Bonchev–Trinajstić information content (AvgIpc) is 2.13. The number of nitriles is 1. The van der Waals surface area contributed by atoms with Gasteiger partial charge in [0.2, 0.25) is 0 Å². The fourth-order valence-electron chi connectivity index (χ4n) is 1.20. The molecule has 0 rings (SSSR count). The molecule has 0 saturated heterocycles. The largest absolute Gasteiger partial charge is 0.287 e. The van der Waals surface area contributed by atoms with Gasteiger partial charge in [-0.15, -0.1) is 12.6 Å². The van der Waals surface area contributed by atoms with E-state index in [4.69, 9.17) is 17.5 Å². The van der Waals surface area contributed by atoms with Crippen LogP contribution >= 0.6 is 24.8 Å². The average molecular weight is 229 g/mol. The van der Waals surface area contributed by atoms with Crippen LogP contribution in [0.4, 0.5) is 0 Å². The van der Waals surface area contributed by atoms with E-state index in [2.05, 4.69) is 18.7 Å². The third-order valence-corrected chi connectivity index (χ3v) is 2.79. The molecule has 0 aromatic rings. The van der Waals surface area contributed by atoms with Crippen molar-refractivity contribution in [3.05, 3.63) is 0 Å². The molecule has 0 N–H and O–H groups in total. The standard InChI is InChI=1S/C10H15NOS2/c1-3-4-9(13)8(10(12)14)5-7(2)6-11/h7-8H,3-5H2,1-2H3,(H,12,14). The summed E-state index contributed by atoms with van der Waals surface area (Å²) in [6.45, 7) is 3.80. The second-order valence-electron chi connectivity index (χ2n) is 3.37. The van der Waals surface area contributed by atoms with Crippen molar-refractivity contribution in [2.75, 3.05) is 0 Å². The lowest BCUT2D eigenvalue weighted by atomic mass is 9.93. The Morgan fingerprint density at radius 1 is 1.64 bits per heavy atom. The van der Waals surface area contributed by atoms with Gasteiger partial charge < -0.3 is 0 Å². The van der Waals surface area contributed by atoms with Crippen LogP contribution in [0.1, 0.15) is 33.1 Å². The summed E-state index contributed by atoms with van der Waals surface area (Å²) in [5, 5.41) is 8.43. The number of carbonyl (C=O) groups is 1. The molecule has 0 aromatic heterocycles. The van der Waals surface area contributed by atoms with Crippen molar-refractivity contribution in [1.29, 1.82) is 5.26 Å². The highest BCUT2D eigenvalue weighted by molar-refractivity contribution is 7.96. The Bertz CT molecular complexity index is 257. The Hall–Kier alpha value is -0.400. The second kappa shape index (κ2) is 6.97. The lowest BCUT2D eigenvalue weighted by Crippen LogP contribution is -2.21. The number of thiol groups is 1. The van der Waals surface area contributed by atoms with Crippen LogP contribution in [0.5, 0.6) is 0 Å². The van der Waals surface area contributed by atoms with Crippen molar-refractivity contribution in [1.82, 2.24) is 0 Å². The molecule has 2 unspecified atom stereocenters. The summed E-state index contributed by atoms with van der Waals surface area (Å²) in [4.78, 5) is 11.9. The lowest BCUT2D eigenvalue weighted by molar-refractivity contribution is -0.112. The van der Waals surface area contributed by atoms with Gasteiger partial charge in [0.15, 0.2) is 5.12 Å². The Morgan fingerprint density at radius 2 is 2.21 bits per heavy atom. The predicted octanol–water partition coefficient (Wildman–Crippen LogP) is 2.78. The van der Waals surface area contributed by atoms with Gasteiger partial charge in [0.1, 0.15) is 0 Å². The summed E-state index contributed by atoms with van der Waals surface area (Å²) < 4.78 is 0. The summed E-state index contributed by atoms with van der Waals surface area (Å²) in [7, 11) is 0. The predicted molar refractivity (Wildman–Crippen MR) is 64.4 cm³/mol. The molecule has 0 heterocycles. The number of hydrogen-bond acceptors (Lipinski definition) is 3. The zero-order chi connectivity index (χ0) is 11.1. The second-order valence-corrected chi connectivity index (χ2v) is 4.34. The number of rotatable bonds is 6. The fourth-order valence-corrected chi connectivity index (χ4v) is 1.95. The van der Waals surface area contributed by atoms with Crippen LogP contribution in [-0.4, -0.2) is 9.98 Å². The minimum Gasteiger partial charge on any atom is -0.287 e. The van der Waals surface area contributed by atoms with Crippen molar-refractivity contribution in [3.8, 4) is 6.07 Å². The van der Waals surface area contributed by atoms with Crippen LogP contribution in [-0.2, 0) is 4.79 Å². The zero-order valence-electron chi connectivity index (χ0n) is 8.49. The van der Waals surface area contributed by atoms with Crippen LogP contribution in [0, 0.1) is 23.2 Å². The van der Waals surface area contributed by atoms with E-state index in [0.717, 1.165) is 17.7 Å². The first-order valence-corrected chi connectivity index (χ1v) is 5.53. The van der Waals surface area contributed by atoms with Crippen LogP contribution < -0.4 is 0 Å². The van der Waals surface area contributed by atoms with Gasteiger partial charge in [-0.1, -0.05) is 25.6 Å². The molecule has 0 spiro atoms. The summed E-state index contributed by atoms with van der Waals surface area (Å²) in [5.41, 5.74) is 0. The van der Waals surface area contributed by atoms with Gasteiger partial charge >= 0.3 is 0 Å². The summed E-state index contributed by atoms with van der Waals surface area (Å²) in [6.07, 6.45) is 2.18. The number of thiocarbonyl (C=S) groups is 1. The molecule has 0 aliphatic rings. The molecule has 14 heavy (non-hydrogen) atoms. The van der Waals surface area contributed by atoms with Gasteiger partial charge in [0.05, 0.1) is 12.0 Å². The van der Waals surface area contributed by atoms with Gasteiger partial charge in [-0.3, -0.25) is 4.79 Å². The molecule has 4 heteroatoms. The maximum atomic E-state index is 11.2. The van der Waals surface area contributed by atoms with Crippen LogP contribution in [0.15, 0.2) is 0 Å². The van der Waals surface area contributed by atoms with E-state index >= 15 is 0 Å². The molecule has 0 fully saturated rings. The molecular formula is C10H15NOS2. The Labute approximate surface area is 96.1 Å². The summed E-state index contributed by atoms with van der Waals surface area (Å²) >= 11 is 8.94. The van der Waals surface area contributed by atoms with Gasteiger partial charge in [-0.2, -0.15) is 5.26 Å². The highest BCUT2D eigenvalue weighted by Gasteiger charge is 2.22. The number of carbonyl (C=O) groups excluding carboxylic acids is 1. The monoisotopic (exact) mass is 229 g/mol. The summed E-state index contributed by atoms with van der Waals surface area (Å²) in [6, 6.07) is 2.10. The smallest absolute Gasteiger partial charge is 0.193 e. The minimum absolute atomic E-state index is 0.147. The van der Waals surface area contributed by atoms with E-state index in [1.807, 2.05) is 6.92 Å². The van der Waals surface area contributed by atoms with E-state index in [-0.39, 0.29) is 17.0 Å². The number of hydrogen-bond donors (Lipinski definition) is 1. The SMILES string of the molecule is CCCC(=S)C(CC(C)C#N)C(=O)S. The van der Waals surface area contributed by atoms with E-state index in [1.54, 1.807) is 6.92 Å². The molecule has 0 saturated carbocycles. The molecule has 0 radical (unpaired) electrons. The van der Waals surface area contributed by atoms with E-state index in [9.17, 15) is 4.79 Å². The molecule has 0 aromatic carbocycles. The van der Waals surface area contributed by atoms with Crippen LogP contribution in [0.2, 0.25) is 0 Å². The third kappa shape index (κ3) is 4.73. The highest BCUT2D eigenvalue weighted by atomic mass is 32.1. The Balaban J connectivity index is 4.38. The maximum absolute atomic E-state index is 11.2. The summed E-state index contributed by atoms with van der Waals surface area (Å²) in [5.74, 6) is -0.478. The van der Waals surface area contributed by atoms with Crippen molar-refractivity contribution < 1.29 is 4.79 Å². The highest BCUT2D eigenvalue weighted by Crippen LogP contribution is 2.19. The molecule has 0 bridgehead atoms. The van der Waals surface area contributed by atoms with Gasteiger partial charge in [-0.05, 0) is 19.8 Å². The normalized spacial score (nSPS) is 14.1. The topological polar surface area (TPSA) is 40.9 Å². The minimum atomic E-state index is -0.331. The third-order valence-electron chi connectivity index (χ3n) is 1.99. The van der Waals surface area contributed by atoms with Gasteiger partial charge in [0.25, 0.3) is 0 Å². The lowest BCUT2D eigenvalue weighted by Gasteiger charge is -2.14. The molecule has 0 aliphatic heterocycles. The molecule has 2 nitrogen and oxygen atoms in total. The van der Waals surface area contributed by atoms with Crippen LogP contribution in [0.25, 0.3) is 0 Å². The van der Waals surface area contributed by atoms with Crippen molar-refractivity contribution in [3.63, 3.8) is 0 Å². The van der Waals surface area contributed by atoms with Gasteiger partial charge in [0, 0.05) is 10.8 Å². The van der Waals surface area contributed by atoms with E-state index in [0.29, 0.717) is 6.42 Å².